The monoisotopic (exact) mass is 527 g/mol. The summed E-state index contributed by atoms with van der Waals surface area (Å²) in [7, 11) is 1.42. The Morgan fingerprint density at radius 2 is 2.12 bits per heavy atom. The summed E-state index contributed by atoms with van der Waals surface area (Å²) < 4.78 is 19.5. The molecule has 1 aliphatic heterocycles. The first-order chi connectivity index (χ1) is 11.5. The summed E-state index contributed by atoms with van der Waals surface area (Å²) in [6, 6.07) is 4.85. The number of ether oxygens (including phenoxy) is 1. The van der Waals surface area contributed by atoms with Gasteiger partial charge in [-0.05, 0) is 38.0 Å². The van der Waals surface area contributed by atoms with E-state index >= 15 is 0 Å². The SMILES string of the molecule is CCNC(=NCc1cc(Br)ccc1F)N1CCC(C(=O)OC)CC1.I. The first-order valence-corrected chi connectivity index (χ1v) is 8.89. The number of guanidine groups is 1. The van der Waals surface area contributed by atoms with Gasteiger partial charge in [-0.25, -0.2) is 9.38 Å². The lowest BCUT2D eigenvalue weighted by Crippen LogP contribution is -2.46. The van der Waals surface area contributed by atoms with Gasteiger partial charge in [0.15, 0.2) is 5.96 Å². The molecule has 0 atom stereocenters. The van der Waals surface area contributed by atoms with Gasteiger partial charge in [0.2, 0.25) is 0 Å². The van der Waals surface area contributed by atoms with Crippen molar-refractivity contribution in [1.29, 1.82) is 0 Å². The Morgan fingerprint density at radius 1 is 1.44 bits per heavy atom. The maximum Gasteiger partial charge on any atom is 0.308 e. The standard InChI is InChI=1S/C17H23BrFN3O2.HI/c1-3-20-17(21-11-13-10-14(18)4-5-15(13)19)22-8-6-12(7-9-22)16(23)24-2;/h4-5,10,12H,3,6-9,11H2,1-2H3,(H,20,21);1H. The second kappa shape index (κ2) is 10.9. The lowest BCUT2D eigenvalue weighted by molar-refractivity contribution is -0.146. The number of hydrogen-bond donors (Lipinski definition) is 1. The van der Waals surface area contributed by atoms with Crippen LogP contribution in [0.15, 0.2) is 27.7 Å². The lowest BCUT2D eigenvalue weighted by atomic mass is 9.97. The summed E-state index contributed by atoms with van der Waals surface area (Å²) in [6.45, 7) is 4.46. The van der Waals surface area contributed by atoms with Crippen LogP contribution in [0, 0.1) is 11.7 Å². The third-order valence-electron chi connectivity index (χ3n) is 4.07. The second-order valence-electron chi connectivity index (χ2n) is 5.69. The topological polar surface area (TPSA) is 53.9 Å². The maximum atomic E-state index is 13.9. The van der Waals surface area contributed by atoms with Gasteiger partial charge in [0, 0.05) is 29.7 Å². The summed E-state index contributed by atoms with van der Waals surface area (Å²) in [5, 5.41) is 3.24. The molecule has 1 aliphatic rings. The van der Waals surface area contributed by atoms with Crippen molar-refractivity contribution in [3.63, 3.8) is 0 Å². The Hall–Kier alpha value is -0.900. The zero-order valence-corrected chi connectivity index (χ0v) is 18.3. The molecule has 25 heavy (non-hydrogen) atoms. The Labute approximate surface area is 173 Å². The molecule has 1 aromatic carbocycles. The average molecular weight is 528 g/mol. The number of aliphatic imine (C=N–C) groups is 1. The molecule has 0 radical (unpaired) electrons. The highest BCUT2D eigenvalue weighted by Gasteiger charge is 2.26. The molecule has 1 heterocycles. The molecule has 0 saturated carbocycles. The first kappa shape index (κ1) is 22.1. The van der Waals surface area contributed by atoms with E-state index in [2.05, 4.69) is 31.1 Å². The predicted octanol–water partition coefficient (Wildman–Crippen LogP) is 3.56. The normalized spacial score (nSPS) is 15.5. The molecule has 0 aromatic heterocycles. The minimum absolute atomic E-state index is 0. The van der Waals surface area contributed by atoms with Crippen LogP contribution in [-0.4, -0.2) is 43.6 Å². The molecular weight excluding hydrogens is 504 g/mol. The Balaban J connectivity index is 0.00000312. The van der Waals surface area contributed by atoms with Crippen molar-refractivity contribution in [2.45, 2.75) is 26.3 Å². The van der Waals surface area contributed by atoms with Crippen LogP contribution in [0.5, 0.6) is 0 Å². The summed E-state index contributed by atoms with van der Waals surface area (Å²) in [4.78, 5) is 18.3. The van der Waals surface area contributed by atoms with E-state index < -0.39 is 0 Å². The van der Waals surface area contributed by atoms with Crippen LogP contribution in [0.1, 0.15) is 25.3 Å². The van der Waals surface area contributed by atoms with E-state index in [0.29, 0.717) is 5.56 Å². The fourth-order valence-corrected chi connectivity index (χ4v) is 3.15. The molecule has 1 N–H and O–H groups in total. The third-order valence-corrected chi connectivity index (χ3v) is 4.56. The number of nitrogens with zero attached hydrogens (tertiary/aromatic N) is 2. The first-order valence-electron chi connectivity index (χ1n) is 8.10. The molecule has 0 amide bonds. The number of rotatable bonds is 4. The molecular formula is C17H24BrFIN3O2. The largest absolute Gasteiger partial charge is 0.469 e. The minimum Gasteiger partial charge on any atom is -0.469 e. The van der Waals surface area contributed by atoms with E-state index in [4.69, 9.17) is 4.74 Å². The van der Waals surface area contributed by atoms with Gasteiger partial charge in [0.1, 0.15) is 5.82 Å². The van der Waals surface area contributed by atoms with Crippen molar-refractivity contribution in [2.24, 2.45) is 10.9 Å². The summed E-state index contributed by atoms with van der Waals surface area (Å²) >= 11 is 3.35. The molecule has 0 spiro atoms. The molecule has 5 nitrogen and oxygen atoms in total. The van der Waals surface area contributed by atoms with Crippen LogP contribution >= 0.6 is 39.9 Å². The van der Waals surface area contributed by atoms with Crippen LogP contribution < -0.4 is 5.32 Å². The number of carbonyl (C=O) groups excluding carboxylic acids is 1. The second-order valence-corrected chi connectivity index (χ2v) is 6.61. The van der Waals surface area contributed by atoms with Gasteiger partial charge in [-0.3, -0.25) is 4.79 Å². The minimum atomic E-state index is -0.262. The Kier molecular flexibility index (Phi) is 9.70. The average Bonchev–Trinajstić information content (AvgIpc) is 2.60. The maximum absolute atomic E-state index is 13.9. The Bertz CT molecular complexity index is 608. The fourth-order valence-electron chi connectivity index (χ4n) is 2.74. The van der Waals surface area contributed by atoms with Crippen molar-refractivity contribution in [2.75, 3.05) is 26.7 Å². The van der Waals surface area contributed by atoms with Crippen LogP contribution in [0.4, 0.5) is 4.39 Å². The highest BCUT2D eigenvalue weighted by Crippen LogP contribution is 2.19. The summed E-state index contributed by atoms with van der Waals surface area (Å²) in [5.74, 6) is 0.298. The lowest BCUT2D eigenvalue weighted by Gasteiger charge is -2.33. The predicted molar refractivity (Wildman–Crippen MR) is 111 cm³/mol. The molecule has 140 valence electrons. The number of piperidine rings is 1. The van der Waals surface area contributed by atoms with Gasteiger partial charge in [-0.2, -0.15) is 0 Å². The molecule has 0 bridgehead atoms. The summed E-state index contributed by atoms with van der Waals surface area (Å²) in [6.07, 6.45) is 1.48. The van der Waals surface area contributed by atoms with Crippen molar-refractivity contribution in [3.05, 3.63) is 34.1 Å². The molecule has 1 fully saturated rings. The smallest absolute Gasteiger partial charge is 0.308 e. The van der Waals surface area contributed by atoms with Crippen molar-refractivity contribution in [3.8, 4) is 0 Å². The molecule has 0 aliphatic carbocycles. The molecule has 1 aromatic rings. The molecule has 2 rings (SSSR count). The number of hydrogen-bond acceptors (Lipinski definition) is 3. The van der Waals surface area contributed by atoms with Crippen LogP contribution in [0.2, 0.25) is 0 Å². The van der Waals surface area contributed by atoms with Gasteiger partial charge in [-0.15, -0.1) is 24.0 Å². The van der Waals surface area contributed by atoms with E-state index in [1.54, 1.807) is 12.1 Å². The zero-order chi connectivity index (χ0) is 17.5. The highest BCUT2D eigenvalue weighted by molar-refractivity contribution is 14.0. The van der Waals surface area contributed by atoms with Gasteiger partial charge in [0.25, 0.3) is 0 Å². The van der Waals surface area contributed by atoms with E-state index in [0.717, 1.165) is 42.9 Å². The zero-order valence-electron chi connectivity index (χ0n) is 14.4. The van der Waals surface area contributed by atoms with Gasteiger partial charge in [-0.1, -0.05) is 15.9 Å². The number of halogens is 3. The van der Waals surface area contributed by atoms with Crippen LogP contribution in [0.3, 0.4) is 0 Å². The van der Waals surface area contributed by atoms with E-state index in [1.807, 2.05) is 6.92 Å². The van der Waals surface area contributed by atoms with E-state index in [1.165, 1.54) is 13.2 Å². The van der Waals surface area contributed by atoms with Crippen LogP contribution in [0.25, 0.3) is 0 Å². The number of nitrogens with one attached hydrogen (secondary N) is 1. The van der Waals surface area contributed by atoms with Gasteiger partial charge >= 0.3 is 5.97 Å². The summed E-state index contributed by atoms with van der Waals surface area (Å²) in [5.41, 5.74) is 0.546. The molecule has 1 saturated heterocycles. The van der Waals surface area contributed by atoms with Gasteiger partial charge < -0.3 is 15.0 Å². The number of esters is 1. The number of benzene rings is 1. The number of carbonyl (C=O) groups is 1. The van der Waals surface area contributed by atoms with Crippen LogP contribution in [-0.2, 0) is 16.1 Å². The molecule has 0 unspecified atom stereocenters. The number of likely N-dealkylation sites (tertiary alicyclic amines) is 1. The Morgan fingerprint density at radius 3 is 2.72 bits per heavy atom. The van der Waals surface area contributed by atoms with Crippen molar-refractivity contribution in [1.82, 2.24) is 10.2 Å². The van der Waals surface area contributed by atoms with Gasteiger partial charge in [0.05, 0.1) is 19.6 Å². The van der Waals surface area contributed by atoms with E-state index in [-0.39, 0.29) is 48.2 Å². The fraction of sp³-hybridized carbons (Fsp3) is 0.529. The number of methoxy groups -OCH3 is 1. The molecule has 8 heteroatoms. The van der Waals surface area contributed by atoms with E-state index in [9.17, 15) is 9.18 Å². The highest BCUT2D eigenvalue weighted by atomic mass is 127. The quantitative estimate of drug-likeness (QED) is 0.281. The third kappa shape index (κ3) is 6.40. The van der Waals surface area contributed by atoms with Crippen molar-refractivity contribution < 1.29 is 13.9 Å². The van der Waals surface area contributed by atoms with Crippen molar-refractivity contribution >= 4 is 51.8 Å².